The van der Waals surface area contributed by atoms with Crippen molar-refractivity contribution in [3.05, 3.63) is 0 Å². The molecule has 4 nitrogen and oxygen atoms in total. The van der Waals surface area contributed by atoms with Crippen LogP contribution in [0.4, 0.5) is 0 Å². The van der Waals surface area contributed by atoms with Crippen molar-refractivity contribution in [3.63, 3.8) is 0 Å². The highest BCUT2D eigenvalue weighted by atomic mass is 127. The Bertz CT molecular complexity index is 195. The number of rotatable bonds is 3. The second kappa shape index (κ2) is 3.33. The lowest BCUT2D eigenvalue weighted by atomic mass is 10.3. The average molecular weight is 280 g/mol. The van der Waals surface area contributed by atoms with Crippen molar-refractivity contribution in [1.82, 2.24) is 0 Å². The first-order valence-electron chi connectivity index (χ1n) is 2.64. The molecule has 0 bridgehead atoms. The van der Waals surface area contributed by atoms with Gasteiger partial charge in [0.15, 0.2) is 0 Å². The summed E-state index contributed by atoms with van der Waals surface area (Å²) < 4.78 is 31.9. The number of halogens is 1. The topological polar surface area (TPSA) is 63.6 Å². The standard InChI is InChI=1S/C4H9IO4S/c1-3-4(2,5)9-10(6,7)8/h3H2,1-2H3,(H,6,7,8). The van der Waals surface area contributed by atoms with Crippen molar-refractivity contribution in [3.8, 4) is 0 Å². The lowest BCUT2D eigenvalue weighted by Gasteiger charge is -2.17. The van der Waals surface area contributed by atoms with E-state index < -0.39 is 14.0 Å². The highest BCUT2D eigenvalue weighted by Gasteiger charge is 2.24. The first-order valence-corrected chi connectivity index (χ1v) is 5.08. The molecular weight excluding hydrogens is 271 g/mol. The molecule has 1 N–H and O–H groups in total. The van der Waals surface area contributed by atoms with Crippen LogP contribution in [0.2, 0.25) is 0 Å². The fourth-order valence-electron chi connectivity index (χ4n) is 0.279. The molecular formula is C4H9IO4S. The van der Waals surface area contributed by atoms with E-state index in [1.807, 2.05) is 0 Å². The zero-order valence-corrected chi connectivity index (χ0v) is 8.64. The summed E-state index contributed by atoms with van der Waals surface area (Å²) in [6, 6.07) is 0. The van der Waals surface area contributed by atoms with E-state index in [2.05, 4.69) is 4.18 Å². The quantitative estimate of drug-likeness (QED) is 0.482. The lowest BCUT2D eigenvalue weighted by Crippen LogP contribution is -2.22. The zero-order valence-electron chi connectivity index (χ0n) is 5.67. The number of hydrogen-bond acceptors (Lipinski definition) is 3. The molecule has 0 aromatic rings. The number of alkyl halides is 1. The highest BCUT2D eigenvalue weighted by molar-refractivity contribution is 14.1. The Labute approximate surface area is 74.0 Å². The predicted molar refractivity (Wildman–Crippen MR) is 45.3 cm³/mol. The highest BCUT2D eigenvalue weighted by Crippen LogP contribution is 2.25. The van der Waals surface area contributed by atoms with Crippen molar-refractivity contribution in [2.75, 3.05) is 0 Å². The molecule has 0 spiro atoms. The summed E-state index contributed by atoms with van der Waals surface area (Å²) in [4.78, 5) is 0. The van der Waals surface area contributed by atoms with Gasteiger partial charge in [0.05, 0.1) is 0 Å². The molecule has 0 fully saturated rings. The second-order valence-electron chi connectivity index (χ2n) is 1.97. The van der Waals surface area contributed by atoms with Gasteiger partial charge < -0.3 is 0 Å². The average Bonchev–Trinajstić information content (AvgIpc) is 1.60. The van der Waals surface area contributed by atoms with Gasteiger partial charge in [-0.1, -0.05) is 6.92 Å². The smallest absolute Gasteiger partial charge is 0.263 e. The third-order valence-corrected chi connectivity index (χ3v) is 2.77. The van der Waals surface area contributed by atoms with Crippen LogP contribution >= 0.6 is 22.6 Å². The first-order chi connectivity index (χ1) is 4.27. The van der Waals surface area contributed by atoms with Gasteiger partial charge in [-0.05, 0) is 35.9 Å². The normalized spacial score (nSPS) is 18.4. The summed E-state index contributed by atoms with van der Waals surface area (Å²) in [6.07, 6.45) is 0.507. The SMILES string of the molecule is CCC(C)(I)OS(=O)(=O)O. The third kappa shape index (κ3) is 5.39. The van der Waals surface area contributed by atoms with Crippen LogP contribution in [0.3, 0.4) is 0 Å². The Morgan fingerprint density at radius 1 is 1.70 bits per heavy atom. The fourth-order valence-corrected chi connectivity index (χ4v) is 1.52. The molecule has 0 aromatic carbocycles. The van der Waals surface area contributed by atoms with Gasteiger partial charge in [0.2, 0.25) is 0 Å². The second-order valence-corrected chi connectivity index (χ2v) is 5.27. The Hall–Kier alpha value is 0.600. The Kier molecular flexibility index (Phi) is 3.53. The summed E-state index contributed by atoms with van der Waals surface area (Å²) in [5.74, 6) is 0. The molecule has 0 rings (SSSR count). The van der Waals surface area contributed by atoms with Gasteiger partial charge in [-0.3, -0.25) is 4.55 Å². The minimum atomic E-state index is -4.30. The molecule has 1 unspecified atom stereocenters. The van der Waals surface area contributed by atoms with E-state index in [9.17, 15) is 8.42 Å². The van der Waals surface area contributed by atoms with Gasteiger partial charge in [0.25, 0.3) is 0 Å². The molecule has 0 heterocycles. The van der Waals surface area contributed by atoms with E-state index in [0.717, 1.165) is 0 Å². The molecule has 0 aliphatic carbocycles. The maximum atomic E-state index is 10.1. The minimum absolute atomic E-state index is 0.507. The van der Waals surface area contributed by atoms with Gasteiger partial charge in [0.1, 0.15) is 3.61 Å². The summed E-state index contributed by atoms with van der Waals surface area (Å²) in [5, 5.41) is 0. The monoisotopic (exact) mass is 280 g/mol. The van der Waals surface area contributed by atoms with E-state index in [-0.39, 0.29) is 0 Å². The fraction of sp³-hybridized carbons (Fsp3) is 1.00. The molecule has 0 radical (unpaired) electrons. The van der Waals surface area contributed by atoms with Crippen molar-refractivity contribution < 1.29 is 17.2 Å². The van der Waals surface area contributed by atoms with Gasteiger partial charge in [-0.25, -0.2) is 4.18 Å². The summed E-state index contributed by atoms with van der Waals surface area (Å²) in [6.45, 7) is 3.33. The molecule has 0 aromatic heterocycles. The summed E-state index contributed by atoms with van der Waals surface area (Å²) >= 11 is 1.80. The van der Waals surface area contributed by atoms with Crippen molar-refractivity contribution >= 4 is 33.0 Å². The predicted octanol–water partition coefficient (Wildman–Crippen LogP) is 1.37. The lowest BCUT2D eigenvalue weighted by molar-refractivity contribution is 0.179. The van der Waals surface area contributed by atoms with Crippen molar-refractivity contribution in [2.45, 2.75) is 23.9 Å². The Morgan fingerprint density at radius 2 is 2.10 bits per heavy atom. The molecule has 0 aliphatic rings. The molecule has 0 aliphatic heterocycles. The molecule has 0 amide bonds. The van der Waals surface area contributed by atoms with E-state index in [4.69, 9.17) is 4.55 Å². The van der Waals surface area contributed by atoms with Crippen LogP contribution < -0.4 is 0 Å². The molecule has 6 heteroatoms. The molecule has 0 saturated carbocycles. The van der Waals surface area contributed by atoms with Gasteiger partial charge in [0, 0.05) is 0 Å². The Morgan fingerprint density at radius 3 is 2.20 bits per heavy atom. The van der Waals surface area contributed by atoms with Crippen LogP contribution in [-0.2, 0) is 14.6 Å². The maximum absolute atomic E-state index is 10.1. The first kappa shape index (κ1) is 10.6. The zero-order chi connectivity index (χ0) is 8.41. The van der Waals surface area contributed by atoms with Crippen LogP contribution in [0.25, 0.3) is 0 Å². The van der Waals surface area contributed by atoms with Crippen molar-refractivity contribution in [1.29, 1.82) is 0 Å². The molecule has 0 saturated heterocycles. The van der Waals surface area contributed by atoms with Gasteiger partial charge in [-0.15, -0.1) is 0 Å². The van der Waals surface area contributed by atoms with Crippen LogP contribution in [0.15, 0.2) is 0 Å². The Balaban J connectivity index is 4.16. The van der Waals surface area contributed by atoms with Crippen molar-refractivity contribution in [2.24, 2.45) is 0 Å². The largest absolute Gasteiger partial charge is 0.398 e. The van der Waals surface area contributed by atoms with Crippen LogP contribution in [0, 0.1) is 0 Å². The van der Waals surface area contributed by atoms with E-state index >= 15 is 0 Å². The molecule has 1 atom stereocenters. The third-order valence-electron chi connectivity index (χ3n) is 0.911. The van der Waals surface area contributed by atoms with Gasteiger partial charge >= 0.3 is 10.4 Å². The van der Waals surface area contributed by atoms with Crippen LogP contribution in [0.1, 0.15) is 20.3 Å². The summed E-state index contributed by atoms with van der Waals surface area (Å²) in [5.41, 5.74) is 0. The van der Waals surface area contributed by atoms with E-state index in [0.29, 0.717) is 6.42 Å². The summed E-state index contributed by atoms with van der Waals surface area (Å²) in [7, 11) is -4.30. The van der Waals surface area contributed by atoms with E-state index in [1.165, 1.54) is 0 Å². The van der Waals surface area contributed by atoms with E-state index in [1.54, 1.807) is 36.4 Å². The minimum Gasteiger partial charge on any atom is -0.263 e. The van der Waals surface area contributed by atoms with Crippen LogP contribution in [0.5, 0.6) is 0 Å². The molecule has 62 valence electrons. The number of hydrogen-bond donors (Lipinski definition) is 1. The van der Waals surface area contributed by atoms with Gasteiger partial charge in [-0.2, -0.15) is 8.42 Å². The van der Waals surface area contributed by atoms with Crippen LogP contribution in [-0.4, -0.2) is 16.6 Å². The molecule has 10 heavy (non-hydrogen) atoms. The maximum Gasteiger partial charge on any atom is 0.398 e.